The van der Waals surface area contributed by atoms with E-state index in [-0.39, 0.29) is 39.6 Å². The van der Waals surface area contributed by atoms with Gasteiger partial charge < -0.3 is 28.4 Å². The van der Waals surface area contributed by atoms with E-state index in [1.54, 1.807) is 38.1 Å². The summed E-state index contributed by atoms with van der Waals surface area (Å²) in [5.41, 5.74) is 22.9. The first-order valence-electron chi connectivity index (χ1n) is 34.3. The lowest BCUT2D eigenvalue weighted by atomic mass is 9.68. The number of esters is 4. The fraction of sp³-hybridized carbons (Fsp3) is 0.101. The van der Waals surface area contributed by atoms with E-state index in [9.17, 15) is 19.2 Å². The molecule has 12 aromatic rings. The highest BCUT2D eigenvalue weighted by Gasteiger charge is 2.46. The zero-order valence-electron chi connectivity index (χ0n) is 56.0. The standard InChI is InChI=1S/C89H62N4O10/c1-3-98-85(94)71-35-17-31-67-77(71)59-23-5-9-27-63(59)81(67)90-92-83-65-29-11-7-25-61(65)79-69(83)33-19-37-73(79)87(96)102-51-49-100-55-45-41-53(42-46-55)89(75-39-15-13-21-57(75)58-22-14-16-40-76(58)89)54-43-47-56(48-44-54)101-50-52-103-88(97)74-38-20-34-70-80(74)62-26-8-12-30-66(62)84(70)93-91-82-64-28-10-6-24-60(64)78-68(82)32-18-36-72(78)86(95)99-4-2/h5-48H,3-4,49-52H2,1-2H3/b90-81-,91-82+,92-83-,93-84-. The van der Waals surface area contributed by atoms with Crippen molar-refractivity contribution in [2.45, 2.75) is 19.3 Å². The van der Waals surface area contributed by atoms with Crippen molar-refractivity contribution in [3.8, 4) is 67.1 Å². The highest BCUT2D eigenvalue weighted by atomic mass is 16.6. The highest BCUT2D eigenvalue weighted by molar-refractivity contribution is 6.31. The Hall–Kier alpha value is -13.2. The summed E-state index contributed by atoms with van der Waals surface area (Å²) in [6.45, 7) is 4.27. The van der Waals surface area contributed by atoms with Gasteiger partial charge in [0.05, 0.1) is 40.9 Å². The van der Waals surface area contributed by atoms with Crippen molar-refractivity contribution in [2.75, 3.05) is 39.6 Å². The molecule has 0 aliphatic heterocycles. The van der Waals surface area contributed by atoms with Crippen molar-refractivity contribution in [2.24, 2.45) is 20.4 Å². The van der Waals surface area contributed by atoms with Gasteiger partial charge in [-0.2, -0.15) is 0 Å². The average Bonchev–Trinajstić information content (AvgIpc) is 1.56. The molecule has 14 heteroatoms. The first kappa shape index (κ1) is 63.3. The maximum atomic E-state index is 14.2. The van der Waals surface area contributed by atoms with Gasteiger partial charge >= 0.3 is 23.9 Å². The fourth-order valence-corrected chi connectivity index (χ4v) is 15.5. The summed E-state index contributed by atoms with van der Waals surface area (Å²) in [6, 6.07) is 86.8. The van der Waals surface area contributed by atoms with Gasteiger partial charge in [-0.25, -0.2) is 19.2 Å². The van der Waals surface area contributed by atoms with Gasteiger partial charge in [0.1, 0.15) is 60.8 Å². The summed E-state index contributed by atoms with van der Waals surface area (Å²) in [5.74, 6) is -0.570. The molecule has 17 rings (SSSR count). The minimum Gasteiger partial charge on any atom is -0.490 e. The molecule has 0 fully saturated rings. The molecule has 0 atom stereocenters. The van der Waals surface area contributed by atoms with Gasteiger partial charge in [0.25, 0.3) is 0 Å². The zero-order valence-corrected chi connectivity index (χ0v) is 56.0. The number of hydrogen-bond donors (Lipinski definition) is 0. The quantitative estimate of drug-likeness (QED) is 0.0348. The minimum atomic E-state index is -0.723. The third-order valence-electron chi connectivity index (χ3n) is 19.7. The van der Waals surface area contributed by atoms with Gasteiger partial charge in [-0.1, -0.05) is 218 Å². The number of rotatable bonds is 18. The SMILES string of the molecule is CCOC(=O)c1cccc2c1-c1ccccc1/C2=N/N=C1/c2ccccc2-c2c(C(=O)OCCOc3ccc(C4(c5ccc(OCCOC(=O)c6cccc7c6-c6ccccc6/C7=N/N=C6\c7ccccc7-c7c(C(=O)OCC)cccc76)cc5)c5ccccc5-c5ccccc54)cc3)cccc21. The molecule has 0 saturated carbocycles. The van der Waals surface area contributed by atoms with Crippen LogP contribution in [0.1, 0.15) is 122 Å². The van der Waals surface area contributed by atoms with Gasteiger partial charge in [-0.15, -0.1) is 20.4 Å². The van der Waals surface area contributed by atoms with E-state index in [0.29, 0.717) is 67.7 Å². The summed E-state index contributed by atoms with van der Waals surface area (Å²) >= 11 is 0. The topological polar surface area (TPSA) is 173 Å². The molecule has 0 unspecified atom stereocenters. The second-order valence-electron chi connectivity index (χ2n) is 25.2. The predicted octanol–water partition coefficient (Wildman–Crippen LogP) is 17.4. The molecule has 0 N–H and O–H groups in total. The highest BCUT2D eigenvalue weighted by Crippen LogP contribution is 2.56. The Morgan fingerprint density at radius 2 is 0.515 bits per heavy atom. The van der Waals surface area contributed by atoms with Crippen LogP contribution in [0.25, 0.3) is 55.6 Å². The van der Waals surface area contributed by atoms with E-state index < -0.39 is 29.3 Å². The third kappa shape index (κ3) is 10.6. The molecule has 5 aliphatic carbocycles. The summed E-state index contributed by atoms with van der Waals surface area (Å²) < 4.78 is 35.5. The lowest BCUT2D eigenvalue weighted by Gasteiger charge is -2.34. The zero-order chi connectivity index (χ0) is 69.7. The Labute approximate surface area is 593 Å². The Kier molecular flexibility index (Phi) is 16.3. The Balaban J connectivity index is 0.576. The summed E-state index contributed by atoms with van der Waals surface area (Å²) in [7, 11) is 0. The molecule has 0 heterocycles. The van der Waals surface area contributed by atoms with Crippen molar-refractivity contribution in [1.82, 2.24) is 0 Å². The van der Waals surface area contributed by atoms with Crippen LogP contribution in [0.15, 0.2) is 287 Å². The fourth-order valence-electron chi connectivity index (χ4n) is 15.5. The van der Waals surface area contributed by atoms with E-state index in [1.165, 1.54) is 0 Å². The van der Waals surface area contributed by atoms with Crippen molar-refractivity contribution in [3.05, 3.63) is 356 Å². The van der Waals surface area contributed by atoms with Crippen LogP contribution in [-0.4, -0.2) is 86.4 Å². The number of fused-ring (bicyclic) bond motifs is 15. The molecule has 0 bridgehead atoms. The second kappa shape index (κ2) is 26.5. The molecule has 103 heavy (non-hydrogen) atoms. The largest absolute Gasteiger partial charge is 0.490 e. The lowest BCUT2D eigenvalue weighted by molar-refractivity contribution is 0.0443. The number of ether oxygens (including phenoxy) is 6. The van der Waals surface area contributed by atoms with Gasteiger partial charge in [0, 0.05) is 66.8 Å². The number of nitrogens with zero attached hydrogens (tertiary/aromatic N) is 4. The van der Waals surface area contributed by atoms with E-state index in [4.69, 9.17) is 48.8 Å². The minimum absolute atomic E-state index is 0.00996. The van der Waals surface area contributed by atoms with Gasteiger partial charge in [0.15, 0.2) is 0 Å². The first-order chi connectivity index (χ1) is 50.7. The molecule has 0 saturated heterocycles. The summed E-state index contributed by atoms with van der Waals surface area (Å²) in [4.78, 5) is 54.7. The number of benzene rings is 12. The maximum Gasteiger partial charge on any atom is 0.338 e. The van der Waals surface area contributed by atoms with E-state index >= 15 is 0 Å². The molecule has 0 radical (unpaired) electrons. The second-order valence-corrected chi connectivity index (χ2v) is 25.2. The van der Waals surface area contributed by atoms with Crippen molar-refractivity contribution >= 4 is 46.7 Å². The van der Waals surface area contributed by atoms with Crippen molar-refractivity contribution < 1.29 is 47.6 Å². The third-order valence-corrected chi connectivity index (χ3v) is 19.7. The predicted molar refractivity (Wildman–Crippen MR) is 397 cm³/mol. The van der Waals surface area contributed by atoms with Crippen molar-refractivity contribution in [3.63, 3.8) is 0 Å². The molecule has 12 aromatic carbocycles. The normalized spacial score (nSPS) is 14.7. The Morgan fingerprint density at radius 1 is 0.262 bits per heavy atom. The van der Waals surface area contributed by atoms with Crippen LogP contribution < -0.4 is 9.47 Å². The molecule has 14 nitrogen and oxygen atoms in total. The van der Waals surface area contributed by atoms with Crippen LogP contribution in [0.2, 0.25) is 0 Å². The summed E-state index contributed by atoms with van der Waals surface area (Å²) in [6.07, 6.45) is 0. The molecule has 0 spiro atoms. The van der Waals surface area contributed by atoms with E-state index in [0.717, 1.165) is 111 Å². The van der Waals surface area contributed by atoms with Crippen LogP contribution in [0.4, 0.5) is 0 Å². The maximum absolute atomic E-state index is 14.2. The van der Waals surface area contributed by atoms with Crippen LogP contribution >= 0.6 is 0 Å². The lowest BCUT2D eigenvalue weighted by Crippen LogP contribution is -2.28. The molecule has 0 amide bonds. The van der Waals surface area contributed by atoms with Crippen LogP contribution in [0, 0.1) is 0 Å². The van der Waals surface area contributed by atoms with Crippen molar-refractivity contribution in [1.29, 1.82) is 0 Å². The molecule has 5 aliphatic rings. The number of carbonyl (C=O) groups is 4. The van der Waals surface area contributed by atoms with Gasteiger partial charge in [0.2, 0.25) is 0 Å². The molecule has 498 valence electrons. The number of hydrogen-bond acceptors (Lipinski definition) is 14. The van der Waals surface area contributed by atoms with Crippen LogP contribution in [0.5, 0.6) is 11.5 Å². The summed E-state index contributed by atoms with van der Waals surface area (Å²) in [5, 5.41) is 19.7. The van der Waals surface area contributed by atoms with Crippen LogP contribution in [0.3, 0.4) is 0 Å². The van der Waals surface area contributed by atoms with Crippen LogP contribution in [-0.2, 0) is 24.4 Å². The Morgan fingerprint density at radius 3 is 0.806 bits per heavy atom. The molecule has 0 aromatic heterocycles. The number of carbonyl (C=O) groups excluding carboxylic acids is 4. The van der Waals surface area contributed by atoms with Gasteiger partial charge in [-0.3, -0.25) is 0 Å². The molecular formula is C89H62N4O10. The first-order valence-corrected chi connectivity index (χ1v) is 34.3. The van der Waals surface area contributed by atoms with E-state index in [1.807, 2.05) is 170 Å². The molecular weight excluding hydrogens is 1280 g/mol. The van der Waals surface area contributed by atoms with Gasteiger partial charge in [-0.05, 0) is 118 Å². The van der Waals surface area contributed by atoms with E-state index in [2.05, 4.69) is 72.8 Å². The smallest absolute Gasteiger partial charge is 0.338 e. The monoisotopic (exact) mass is 1350 g/mol. The average molecular weight is 1350 g/mol. The Bertz CT molecular complexity index is 5300.